The molecule has 7 nitrogen and oxygen atoms in total. The van der Waals surface area contributed by atoms with Gasteiger partial charge in [0.25, 0.3) is 0 Å². The van der Waals surface area contributed by atoms with Crippen molar-refractivity contribution in [3.63, 3.8) is 0 Å². The summed E-state index contributed by atoms with van der Waals surface area (Å²) in [4.78, 5) is 9.23. The lowest BCUT2D eigenvalue weighted by Crippen LogP contribution is -2.39. The van der Waals surface area contributed by atoms with E-state index in [4.69, 9.17) is 4.74 Å². The topological polar surface area (TPSA) is 98.5 Å². The largest absolute Gasteiger partial charge is 0.377 e. The van der Waals surface area contributed by atoms with E-state index in [0.717, 1.165) is 12.1 Å². The minimum atomic E-state index is -3.93. The molecule has 110 valence electrons. The molecule has 2 unspecified atom stereocenters. The van der Waals surface area contributed by atoms with Crippen LogP contribution in [0.3, 0.4) is 0 Å². The molecule has 1 aliphatic rings. The standard InChI is InChI=1S/C11H13FN2O5S/c1-7-10(4-5-19-7)13-20(17,18)8-2-3-11(14(15)16)9(12)6-8/h2-3,6-7,10,13H,4-5H2,1H3. The Hall–Kier alpha value is -1.58. The molecule has 2 rings (SSSR count). The monoisotopic (exact) mass is 304 g/mol. The molecule has 0 spiro atoms. The lowest BCUT2D eigenvalue weighted by molar-refractivity contribution is -0.387. The van der Waals surface area contributed by atoms with Crippen LogP contribution >= 0.6 is 0 Å². The molecule has 1 fully saturated rings. The Balaban J connectivity index is 2.25. The number of rotatable bonds is 4. The average molecular weight is 304 g/mol. The van der Waals surface area contributed by atoms with E-state index in [1.807, 2.05) is 0 Å². The lowest BCUT2D eigenvalue weighted by Gasteiger charge is -2.16. The summed E-state index contributed by atoms with van der Waals surface area (Å²) in [6.07, 6.45) is 0.253. The van der Waals surface area contributed by atoms with Crippen LogP contribution in [0.5, 0.6) is 0 Å². The van der Waals surface area contributed by atoms with Crippen molar-refractivity contribution in [2.24, 2.45) is 0 Å². The van der Waals surface area contributed by atoms with Gasteiger partial charge in [-0.05, 0) is 19.4 Å². The van der Waals surface area contributed by atoms with Gasteiger partial charge in [-0.3, -0.25) is 10.1 Å². The van der Waals surface area contributed by atoms with Crippen molar-refractivity contribution in [1.29, 1.82) is 0 Å². The van der Waals surface area contributed by atoms with Gasteiger partial charge >= 0.3 is 5.69 Å². The first-order chi connectivity index (χ1) is 9.31. The van der Waals surface area contributed by atoms with E-state index in [1.54, 1.807) is 6.92 Å². The van der Waals surface area contributed by atoms with Crippen LogP contribution in [-0.2, 0) is 14.8 Å². The molecular weight excluding hydrogens is 291 g/mol. The van der Waals surface area contributed by atoms with Crippen LogP contribution in [0, 0.1) is 15.9 Å². The molecular formula is C11H13FN2O5S. The van der Waals surface area contributed by atoms with Gasteiger partial charge in [-0.15, -0.1) is 0 Å². The van der Waals surface area contributed by atoms with Crippen molar-refractivity contribution in [3.05, 3.63) is 34.1 Å². The highest BCUT2D eigenvalue weighted by atomic mass is 32.2. The number of halogens is 1. The molecule has 20 heavy (non-hydrogen) atoms. The molecule has 0 radical (unpaired) electrons. The highest BCUT2D eigenvalue weighted by Crippen LogP contribution is 2.22. The summed E-state index contributed by atoms with van der Waals surface area (Å²) >= 11 is 0. The number of benzene rings is 1. The summed E-state index contributed by atoms with van der Waals surface area (Å²) < 4.78 is 45.2. The first-order valence-corrected chi connectivity index (χ1v) is 7.37. The molecule has 0 saturated carbocycles. The predicted molar refractivity (Wildman–Crippen MR) is 67.2 cm³/mol. The number of nitrogens with zero attached hydrogens (tertiary/aromatic N) is 1. The number of nitro benzene ring substituents is 1. The Morgan fingerprint density at radius 3 is 2.70 bits per heavy atom. The second kappa shape index (κ2) is 5.43. The van der Waals surface area contributed by atoms with Gasteiger partial charge in [0.1, 0.15) is 0 Å². The third-order valence-electron chi connectivity index (χ3n) is 3.11. The summed E-state index contributed by atoms with van der Waals surface area (Å²) in [6, 6.07) is 2.09. The van der Waals surface area contributed by atoms with Crippen LogP contribution < -0.4 is 4.72 Å². The van der Waals surface area contributed by atoms with Crippen molar-refractivity contribution in [2.45, 2.75) is 30.4 Å². The summed E-state index contributed by atoms with van der Waals surface area (Å²) in [6.45, 7) is 2.18. The Kier molecular flexibility index (Phi) is 4.02. The smallest absolute Gasteiger partial charge is 0.304 e. The van der Waals surface area contributed by atoms with Crippen LogP contribution in [0.1, 0.15) is 13.3 Å². The Bertz CT molecular complexity index is 634. The maximum absolute atomic E-state index is 13.5. The number of sulfonamides is 1. The van der Waals surface area contributed by atoms with Crippen LogP contribution in [0.2, 0.25) is 0 Å². The number of ether oxygens (including phenoxy) is 1. The summed E-state index contributed by atoms with van der Waals surface area (Å²) in [7, 11) is -3.93. The van der Waals surface area contributed by atoms with Crippen molar-refractivity contribution < 1.29 is 22.5 Å². The van der Waals surface area contributed by atoms with Gasteiger partial charge in [0, 0.05) is 18.7 Å². The molecule has 1 aliphatic heterocycles. The first-order valence-electron chi connectivity index (χ1n) is 5.89. The van der Waals surface area contributed by atoms with Crippen LogP contribution in [0.4, 0.5) is 10.1 Å². The zero-order valence-corrected chi connectivity index (χ0v) is 11.4. The van der Waals surface area contributed by atoms with Gasteiger partial charge in [-0.1, -0.05) is 0 Å². The highest BCUT2D eigenvalue weighted by molar-refractivity contribution is 7.89. The van der Waals surface area contributed by atoms with Gasteiger partial charge in [-0.25, -0.2) is 13.1 Å². The fourth-order valence-electron chi connectivity index (χ4n) is 1.96. The molecule has 2 atom stereocenters. The fraction of sp³-hybridized carbons (Fsp3) is 0.455. The first kappa shape index (κ1) is 14.8. The molecule has 1 heterocycles. The van der Waals surface area contributed by atoms with Crippen LogP contribution in [-0.4, -0.2) is 32.1 Å². The van der Waals surface area contributed by atoms with Crippen LogP contribution in [0.25, 0.3) is 0 Å². The molecule has 1 aromatic rings. The van der Waals surface area contributed by atoms with Crippen molar-refractivity contribution in [1.82, 2.24) is 4.72 Å². The minimum Gasteiger partial charge on any atom is -0.377 e. The molecule has 9 heteroatoms. The number of hydrogen-bond donors (Lipinski definition) is 1. The van der Waals surface area contributed by atoms with Crippen molar-refractivity contribution in [2.75, 3.05) is 6.61 Å². The number of nitro groups is 1. The van der Waals surface area contributed by atoms with E-state index in [2.05, 4.69) is 4.72 Å². The molecule has 0 bridgehead atoms. The van der Waals surface area contributed by atoms with Crippen molar-refractivity contribution >= 4 is 15.7 Å². The lowest BCUT2D eigenvalue weighted by atomic mass is 10.2. The maximum Gasteiger partial charge on any atom is 0.304 e. The molecule has 0 aliphatic carbocycles. The van der Waals surface area contributed by atoms with E-state index in [-0.39, 0.29) is 11.0 Å². The normalized spacial score (nSPS) is 22.9. The second-order valence-corrected chi connectivity index (χ2v) is 6.18. The predicted octanol–water partition coefficient (Wildman–Crippen LogP) is 1.19. The summed E-state index contributed by atoms with van der Waals surface area (Å²) in [5.74, 6) is -1.19. The Morgan fingerprint density at radius 2 is 2.20 bits per heavy atom. The van der Waals surface area contributed by atoms with Gasteiger partial charge in [0.2, 0.25) is 15.8 Å². The van der Waals surface area contributed by atoms with Crippen LogP contribution in [0.15, 0.2) is 23.1 Å². The Labute approximate surface area is 114 Å². The molecule has 1 aromatic carbocycles. The zero-order chi connectivity index (χ0) is 14.9. The van der Waals surface area contributed by atoms with Gasteiger partial charge in [-0.2, -0.15) is 4.39 Å². The summed E-state index contributed by atoms with van der Waals surface area (Å²) in [5, 5.41) is 10.5. The molecule has 0 aromatic heterocycles. The quantitative estimate of drug-likeness (QED) is 0.665. The van der Waals surface area contributed by atoms with E-state index in [1.165, 1.54) is 0 Å². The maximum atomic E-state index is 13.5. The SMILES string of the molecule is CC1OCCC1NS(=O)(=O)c1ccc([N+](=O)[O-])c(F)c1. The molecule has 1 saturated heterocycles. The van der Waals surface area contributed by atoms with E-state index in [0.29, 0.717) is 19.1 Å². The third-order valence-corrected chi connectivity index (χ3v) is 4.60. The van der Waals surface area contributed by atoms with Gasteiger partial charge < -0.3 is 4.74 Å². The Morgan fingerprint density at radius 1 is 1.50 bits per heavy atom. The third kappa shape index (κ3) is 2.94. The molecule has 0 amide bonds. The van der Waals surface area contributed by atoms with Gasteiger partial charge in [0.05, 0.1) is 22.0 Å². The van der Waals surface area contributed by atoms with E-state index < -0.39 is 32.5 Å². The fourth-order valence-corrected chi connectivity index (χ4v) is 3.31. The van der Waals surface area contributed by atoms with E-state index >= 15 is 0 Å². The number of hydrogen-bond acceptors (Lipinski definition) is 5. The molecule has 1 N–H and O–H groups in total. The second-order valence-electron chi connectivity index (χ2n) is 4.46. The zero-order valence-electron chi connectivity index (χ0n) is 10.6. The highest BCUT2D eigenvalue weighted by Gasteiger charge is 2.30. The van der Waals surface area contributed by atoms with Crippen molar-refractivity contribution in [3.8, 4) is 0 Å². The average Bonchev–Trinajstić information content (AvgIpc) is 2.73. The minimum absolute atomic E-state index is 0.271. The summed E-state index contributed by atoms with van der Waals surface area (Å²) in [5.41, 5.74) is -0.762. The van der Waals surface area contributed by atoms with Gasteiger partial charge in [0.15, 0.2) is 0 Å². The number of nitrogens with one attached hydrogen (secondary N) is 1. The van der Waals surface area contributed by atoms with E-state index in [9.17, 15) is 22.9 Å².